The summed E-state index contributed by atoms with van der Waals surface area (Å²) in [6, 6.07) is 12.2. The molecule has 0 radical (unpaired) electrons. The highest BCUT2D eigenvalue weighted by atomic mass is 32.2. The Morgan fingerprint density at radius 3 is 2.52 bits per heavy atom. The van der Waals surface area contributed by atoms with Gasteiger partial charge < -0.3 is 5.32 Å². The maximum Gasteiger partial charge on any atom is 0.421 e. The van der Waals surface area contributed by atoms with E-state index < -0.39 is 27.6 Å². The van der Waals surface area contributed by atoms with Gasteiger partial charge in [0.15, 0.2) is 5.82 Å². The molecule has 4 rings (SSSR count). The molecule has 0 unspecified atom stereocenters. The van der Waals surface area contributed by atoms with E-state index in [-0.39, 0.29) is 16.5 Å². The van der Waals surface area contributed by atoms with Crippen LogP contribution in [0.2, 0.25) is 0 Å². The van der Waals surface area contributed by atoms with Gasteiger partial charge in [-0.1, -0.05) is 18.2 Å². The summed E-state index contributed by atoms with van der Waals surface area (Å²) in [4.78, 5) is 12.0. The Bertz CT molecular complexity index is 1400. The van der Waals surface area contributed by atoms with E-state index in [0.717, 1.165) is 0 Å². The fourth-order valence-electron chi connectivity index (χ4n) is 3.10. The van der Waals surface area contributed by atoms with E-state index in [1.807, 2.05) is 0 Å². The number of rotatable bonds is 4. The normalized spacial score (nSPS) is 12.3. The molecule has 3 N–H and O–H groups in total. The van der Waals surface area contributed by atoms with Crippen molar-refractivity contribution in [1.82, 2.24) is 19.5 Å². The Balaban J connectivity index is 1.86. The van der Waals surface area contributed by atoms with Gasteiger partial charge in [-0.15, -0.1) is 0 Å². The maximum atomic E-state index is 13.7. The van der Waals surface area contributed by atoms with Gasteiger partial charge in [-0.05, 0) is 37.3 Å². The van der Waals surface area contributed by atoms with Crippen LogP contribution in [-0.2, 0) is 16.2 Å². The lowest BCUT2D eigenvalue weighted by atomic mass is 10.2. The van der Waals surface area contributed by atoms with Crippen LogP contribution in [0.25, 0.3) is 16.9 Å². The first-order valence-corrected chi connectivity index (χ1v) is 10.4. The lowest BCUT2D eigenvalue weighted by Gasteiger charge is -2.15. The standard InChI is InChI=1S/C19H15F3N6O2S/c1-11-25-15-7-2-3-8-16(15)28(11)17-14(19(20,21)22)10-24-18(27-17)26-12-5-4-6-13(9-12)31(23,29)30/h2-10H,1H3,(H2,23,29,30)(H,24,26,27). The van der Waals surface area contributed by atoms with Gasteiger partial charge in [0.05, 0.1) is 15.9 Å². The number of aryl methyl sites for hydroxylation is 1. The Morgan fingerprint density at radius 1 is 1.06 bits per heavy atom. The van der Waals surface area contributed by atoms with Crippen LogP contribution < -0.4 is 10.5 Å². The number of para-hydroxylation sites is 2. The largest absolute Gasteiger partial charge is 0.421 e. The molecule has 0 aliphatic rings. The topological polar surface area (TPSA) is 116 Å². The van der Waals surface area contributed by atoms with Crippen molar-refractivity contribution < 1.29 is 21.6 Å². The number of primary sulfonamides is 1. The summed E-state index contributed by atoms with van der Waals surface area (Å²) in [5.74, 6) is -0.252. The van der Waals surface area contributed by atoms with Gasteiger partial charge in [-0.2, -0.15) is 18.2 Å². The molecular formula is C19H15F3N6O2S. The van der Waals surface area contributed by atoms with E-state index in [1.54, 1.807) is 31.2 Å². The van der Waals surface area contributed by atoms with Crippen LogP contribution in [-0.4, -0.2) is 27.9 Å². The fourth-order valence-corrected chi connectivity index (χ4v) is 3.66. The monoisotopic (exact) mass is 448 g/mol. The molecule has 8 nitrogen and oxygen atoms in total. The van der Waals surface area contributed by atoms with E-state index in [2.05, 4.69) is 20.3 Å². The number of sulfonamides is 1. The summed E-state index contributed by atoms with van der Waals surface area (Å²) in [6.45, 7) is 1.57. The third kappa shape index (κ3) is 4.07. The molecule has 0 bridgehead atoms. The molecule has 0 fully saturated rings. The van der Waals surface area contributed by atoms with Gasteiger partial charge in [-0.25, -0.2) is 23.5 Å². The van der Waals surface area contributed by atoms with E-state index in [0.29, 0.717) is 23.1 Å². The molecule has 160 valence electrons. The zero-order valence-electron chi connectivity index (χ0n) is 15.9. The van der Waals surface area contributed by atoms with Crippen LogP contribution >= 0.6 is 0 Å². The third-order valence-corrected chi connectivity index (χ3v) is 5.34. The molecule has 31 heavy (non-hydrogen) atoms. The molecule has 0 spiro atoms. The van der Waals surface area contributed by atoms with Crippen LogP contribution in [0.15, 0.2) is 59.6 Å². The Hall–Kier alpha value is -3.51. The summed E-state index contributed by atoms with van der Waals surface area (Å²) in [5, 5.41) is 7.84. The molecule has 2 aromatic carbocycles. The van der Waals surface area contributed by atoms with Crippen molar-refractivity contribution in [3.05, 3.63) is 66.1 Å². The first-order valence-electron chi connectivity index (χ1n) is 8.82. The lowest BCUT2D eigenvalue weighted by Crippen LogP contribution is -2.15. The molecule has 12 heteroatoms. The first-order chi connectivity index (χ1) is 14.5. The number of anilines is 2. The van der Waals surface area contributed by atoms with E-state index >= 15 is 0 Å². The second-order valence-corrected chi connectivity index (χ2v) is 8.17. The van der Waals surface area contributed by atoms with Gasteiger partial charge in [0.25, 0.3) is 0 Å². The van der Waals surface area contributed by atoms with Gasteiger partial charge in [0, 0.05) is 11.9 Å². The summed E-state index contributed by atoms with van der Waals surface area (Å²) >= 11 is 0. The predicted octanol–water partition coefficient (Wildman–Crippen LogP) is 3.53. The molecule has 0 amide bonds. The average molecular weight is 448 g/mol. The third-order valence-electron chi connectivity index (χ3n) is 4.43. The van der Waals surface area contributed by atoms with Crippen LogP contribution in [0.4, 0.5) is 24.8 Å². The zero-order chi connectivity index (χ0) is 22.4. The Morgan fingerprint density at radius 2 is 1.81 bits per heavy atom. The van der Waals surface area contributed by atoms with Crippen molar-refractivity contribution in [2.45, 2.75) is 18.0 Å². The molecule has 0 aliphatic carbocycles. The molecule has 2 heterocycles. The number of alkyl halides is 3. The highest BCUT2D eigenvalue weighted by Gasteiger charge is 2.36. The maximum absolute atomic E-state index is 13.7. The first kappa shape index (κ1) is 20.8. The van der Waals surface area contributed by atoms with E-state index in [4.69, 9.17) is 5.14 Å². The number of nitrogens with one attached hydrogen (secondary N) is 1. The van der Waals surface area contributed by atoms with Crippen LogP contribution in [0, 0.1) is 6.92 Å². The molecule has 0 aliphatic heterocycles. The minimum atomic E-state index is -4.71. The quantitative estimate of drug-likeness (QED) is 0.493. The Labute approximate surface area is 174 Å². The molecule has 0 saturated heterocycles. The number of nitrogens with two attached hydrogens (primary N) is 1. The van der Waals surface area contributed by atoms with Crippen molar-refractivity contribution in [3.8, 4) is 5.82 Å². The van der Waals surface area contributed by atoms with Crippen molar-refractivity contribution in [2.75, 3.05) is 5.32 Å². The van der Waals surface area contributed by atoms with Crippen molar-refractivity contribution in [2.24, 2.45) is 5.14 Å². The minimum Gasteiger partial charge on any atom is -0.324 e. The Kier molecular flexibility index (Phi) is 4.90. The SMILES string of the molecule is Cc1nc2ccccc2n1-c1nc(Nc2cccc(S(N)(=O)=O)c2)ncc1C(F)(F)F. The number of hydrogen-bond acceptors (Lipinski definition) is 6. The highest BCUT2D eigenvalue weighted by Crippen LogP contribution is 2.35. The summed E-state index contributed by atoms with van der Waals surface area (Å²) in [6.07, 6.45) is -4.04. The average Bonchev–Trinajstić information content (AvgIpc) is 3.02. The van der Waals surface area contributed by atoms with E-state index in [1.165, 1.54) is 28.8 Å². The molecule has 4 aromatic rings. The lowest BCUT2D eigenvalue weighted by molar-refractivity contribution is -0.137. The highest BCUT2D eigenvalue weighted by molar-refractivity contribution is 7.89. The molecule has 0 atom stereocenters. The van der Waals surface area contributed by atoms with Gasteiger partial charge >= 0.3 is 6.18 Å². The minimum absolute atomic E-state index is 0.160. The number of hydrogen-bond donors (Lipinski definition) is 2. The van der Waals surface area contributed by atoms with Crippen LogP contribution in [0.1, 0.15) is 11.4 Å². The van der Waals surface area contributed by atoms with Crippen LogP contribution in [0.5, 0.6) is 0 Å². The second-order valence-electron chi connectivity index (χ2n) is 6.61. The summed E-state index contributed by atoms with van der Waals surface area (Å²) in [7, 11) is -3.96. The van der Waals surface area contributed by atoms with Crippen molar-refractivity contribution >= 4 is 32.7 Å². The number of nitrogens with zero attached hydrogens (tertiary/aromatic N) is 4. The van der Waals surface area contributed by atoms with Crippen molar-refractivity contribution in [1.29, 1.82) is 0 Å². The van der Waals surface area contributed by atoms with Gasteiger partial charge in [-0.3, -0.25) is 4.57 Å². The predicted molar refractivity (Wildman–Crippen MR) is 107 cm³/mol. The second kappa shape index (κ2) is 7.32. The fraction of sp³-hybridized carbons (Fsp3) is 0.105. The summed E-state index contributed by atoms with van der Waals surface area (Å²) in [5.41, 5.74) is 0.167. The van der Waals surface area contributed by atoms with Crippen molar-refractivity contribution in [3.63, 3.8) is 0 Å². The number of halogens is 3. The number of imidazole rings is 1. The smallest absolute Gasteiger partial charge is 0.324 e. The molecular weight excluding hydrogens is 433 g/mol. The molecule has 0 saturated carbocycles. The van der Waals surface area contributed by atoms with Crippen LogP contribution in [0.3, 0.4) is 0 Å². The number of aromatic nitrogens is 4. The van der Waals surface area contributed by atoms with Gasteiger partial charge in [0.1, 0.15) is 11.4 Å². The number of fused-ring (bicyclic) bond motifs is 1. The number of benzene rings is 2. The molecule has 2 aromatic heterocycles. The zero-order valence-corrected chi connectivity index (χ0v) is 16.7. The van der Waals surface area contributed by atoms with E-state index in [9.17, 15) is 21.6 Å². The van der Waals surface area contributed by atoms with Gasteiger partial charge in [0.2, 0.25) is 16.0 Å². The summed E-state index contributed by atoms with van der Waals surface area (Å²) < 4.78 is 65.5.